The van der Waals surface area contributed by atoms with Gasteiger partial charge >= 0.3 is 10.2 Å². The third-order valence-electron chi connectivity index (χ3n) is 1.13. The minimum absolute atomic E-state index is 0.307. The Morgan fingerprint density at radius 3 is 1.58 bits per heavy atom. The maximum atomic E-state index is 11.9. The second kappa shape index (κ2) is 1.76. The Labute approximate surface area is 65.7 Å². The summed E-state index contributed by atoms with van der Waals surface area (Å²) in [7, 11) is -9.45. The molecule has 0 nitrogen and oxygen atoms in total. The van der Waals surface area contributed by atoms with Gasteiger partial charge in [-0.2, -0.15) is 0 Å². The summed E-state index contributed by atoms with van der Waals surface area (Å²) < 4.78 is 59.7. The Bertz CT molecular complexity index is 285. The lowest BCUT2D eigenvalue weighted by Gasteiger charge is -2.40. The van der Waals surface area contributed by atoms with Crippen molar-refractivity contribution in [2.24, 2.45) is 0 Å². The first-order valence-corrected chi connectivity index (χ1v) is 4.75. The van der Waals surface area contributed by atoms with Crippen LogP contribution in [0.15, 0.2) is 29.2 Å². The lowest BCUT2D eigenvalue weighted by molar-refractivity contribution is 0.364. The molecule has 0 N–H and O–H groups in total. The van der Waals surface area contributed by atoms with Crippen LogP contribution >= 0.6 is 10.2 Å². The fourth-order valence-corrected chi connectivity index (χ4v) is 1.28. The van der Waals surface area contributed by atoms with Crippen molar-refractivity contribution in [2.75, 3.05) is 0 Å². The molecule has 0 fully saturated rings. The first-order valence-electron chi connectivity index (χ1n) is 2.80. The van der Waals surface area contributed by atoms with Gasteiger partial charge in [-0.05, 0) is 18.2 Å². The highest BCUT2D eigenvalue weighted by atomic mass is 32.5. The largest absolute Gasteiger partial charge is 0.310 e. The monoisotopic (exact) mass is 203 g/mol. The van der Waals surface area contributed by atoms with Crippen molar-refractivity contribution in [2.45, 2.75) is 4.90 Å². The Balaban J connectivity index is 3.36. The first kappa shape index (κ1) is 9.31. The zero-order valence-electron chi connectivity index (χ0n) is 5.61. The van der Waals surface area contributed by atoms with Gasteiger partial charge in [0, 0.05) is 0 Å². The molecular formula is C6H4F5S. The van der Waals surface area contributed by atoms with Gasteiger partial charge in [-0.25, -0.2) is 0 Å². The van der Waals surface area contributed by atoms with Gasteiger partial charge in [-0.15, -0.1) is 0 Å². The number of rotatable bonds is 1. The van der Waals surface area contributed by atoms with E-state index in [1.807, 2.05) is 0 Å². The summed E-state index contributed by atoms with van der Waals surface area (Å²) in [6, 6.07) is 4.44. The van der Waals surface area contributed by atoms with Gasteiger partial charge in [0.2, 0.25) is 0 Å². The van der Waals surface area contributed by atoms with E-state index in [-0.39, 0.29) is 0 Å². The van der Waals surface area contributed by atoms with Crippen LogP contribution in [0.4, 0.5) is 19.4 Å². The molecule has 6 heteroatoms. The average molecular weight is 203 g/mol. The molecule has 1 aromatic rings. The van der Waals surface area contributed by atoms with Crippen LogP contribution in [-0.2, 0) is 0 Å². The van der Waals surface area contributed by atoms with Gasteiger partial charge in [0.05, 0.1) is 0 Å². The molecule has 0 atom stereocenters. The molecule has 0 aliphatic rings. The van der Waals surface area contributed by atoms with E-state index in [4.69, 9.17) is 0 Å². The Morgan fingerprint density at radius 1 is 0.917 bits per heavy atom. The topological polar surface area (TPSA) is 0 Å². The normalized spacial score (nSPS) is 18.1. The van der Waals surface area contributed by atoms with Crippen LogP contribution in [0.25, 0.3) is 0 Å². The van der Waals surface area contributed by atoms with Crippen molar-refractivity contribution in [3.05, 3.63) is 30.3 Å². The van der Waals surface area contributed by atoms with Gasteiger partial charge in [-0.1, -0.05) is 31.6 Å². The molecule has 0 aliphatic carbocycles. The van der Waals surface area contributed by atoms with Gasteiger partial charge in [0.15, 0.2) is 0 Å². The van der Waals surface area contributed by atoms with E-state index in [1.54, 1.807) is 0 Å². The average Bonchev–Trinajstić information content (AvgIpc) is 1.85. The number of hydrogen-bond acceptors (Lipinski definition) is 0. The summed E-state index contributed by atoms with van der Waals surface area (Å²) in [5, 5.41) is 0. The molecule has 1 radical (unpaired) electrons. The Kier molecular flexibility index (Phi) is 1.37. The number of benzene rings is 1. The fraction of sp³-hybridized carbons (Fsp3) is 0. The van der Waals surface area contributed by atoms with Crippen LogP contribution in [0.2, 0.25) is 0 Å². The Hall–Kier alpha value is -0.780. The van der Waals surface area contributed by atoms with Gasteiger partial charge in [-0.3, -0.25) is 0 Å². The fourth-order valence-electron chi connectivity index (χ4n) is 0.629. The molecule has 0 amide bonds. The summed E-state index contributed by atoms with van der Waals surface area (Å²) in [5.41, 5.74) is 0. The van der Waals surface area contributed by atoms with Crippen molar-refractivity contribution in [1.82, 2.24) is 0 Å². The van der Waals surface area contributed by atoms with Crippen LogP contribution in [0.3, 0.4) is 0 Å². The van der Waals surface area contributed by atoms with Crippen LogP contribution in [0.1, 0.15) is 0 Å². The van der Waals surface area contributed by atoms with Crippen LogP contribution in [-0.4, -0.2) is 0 Å². The highest BCUT2D eigenvalue weighted by molar-refractivity contribution is 8.45. The molecule has 1 aromatic carbocycles. The van der Waals surface area contributed by atoms with Crippen molar-refractivity contribution in [3.63, 3.8) is 0 Å². The molecule has 1 rings (SSSR count). The summed E-state index contributed by atoms with van der Waals surface area (Å²) >= 11 is 0. The number of halogens is 5. The maximum Gasteiger partial charge on any atom is 0.310 e. The molecule has 0 bridgehead atoms. The number of hydrogen-bond donors (Lipinski definition) is 0. The van der Waals surface area contributed by atoms with Gasteiger partial charge < -0.3 is 0 Å². The molecular weight excluding hydrogens is 199 g/mol. The second-order valence-corrected chi connectivity index (χ2v) is 4.61. The molecule has 69 valence electrons. The van der Waals surface area contributed by atoms with Crippen molar-refractivity contribution in [3.8, 4) is 0 Å². The molecule has 0 heterocycles. The molecule has 0 saturated carbocycles. The van der Waals surface area contributed by atoms with E-state index >= 15 is 0 Å². The Morgan fingerprint density at radius 2 is 1.33 bits per heavy atom. The molecule has 0 aromatic heterocycles. The van der Waals surface area contributed by atoms with E-state index < -0.39 is 15.1 Å². The third kappa shape index (κ3) is 2.10. The lowest BCUT2D eigenvalue weighted by atomic mass is 10.4. The van der Waals surface area contributed by atoms with Crippen molar-refractivity contribution < 1.29 is 19.4 Å². The predicted octanol–water partition coefficient (Wildman–Crippen LogP) is 4.14. The molecule has 12 heavy (non-hydrogen) atoms. The zero-order valence-corrected chi connectivity index (χ0v) is 6.42. The van der Waals surface area contributed by atoms with Crippen molar-refractivity contribution >= 4 is 10.2 Å². The minimum atomic E-state index is -9.45. The highest BCUT2D eigenvalue weighted by Crippen LogP contribution is 3.02. The van der Waals surface area contributed by atoms with E-state index in [1.165, 1.54) is 0 Å². The first-order chi connectivity index (χ1) is 5.09. The van der Waals surface area contributed by atoms with Crippen molar-refractivity contribution in [1.29, 1.82) is 0 Å². The standard InChI is InChI=1S/C6H4F5S/c7-12(8,9,10,11)6-4-2-1-3-5-6/h2-5H. The highest BCUT2D eigenvalue weighted by Gasteiger charge is 2.65. The van der Waals surface area contributed by atoms with Gasteiger partial charge in [0.1, 0.15) is 4.90 Å². The van der Waals surface area contributed by atoms with E-state index in [9.17, 15) is 19.4 Å². The minimum Gasteiger partial charge on any atom is -0.0936 e. The molecule has 0 unspecified atom stereocenters. The maximum absolute atomic E-state index is 11.9. The molecule has 0 aliphatic heterocycles. The SMILES string of the molecule is FS(F)(F)(F)(F)c1cc[c]cc1. The lowest BCUT2D eigenvalue weighted by Crippen LogP contribution is -2.05. The van der Waals surface area contributed by atoms with Gasteiger partial charge in [0.25, 0.3) is 0 Å². The summed E-state index contributed by atoms with van der Waals surface area (Å²) in [6.07, 6.45) is 0. The predicted molar refractivity (Wildman–Crippen MR) is 36.7 cm³/mol. The summed E-state index contributed by atoms with van der Waals surface area (Å²) in [5.74, 6) is 0. The quantitative estimate of drug-likeness (QED) is 0.601. The van der Waals surface area contributed by atoms with Crippen LogP contribution in [0.5, 0.6) is 0 Å². The second-order valence-electron chi connectivity index (χ2n) is 2.20. The van der Waals surface area contributed by atoms with Crippen LogP contribution < -0.4 is 0 Å². The van der Waals surface area contributed by atoms with E-state index in [2.05, 4.69) is 6.07 Å². The molecule has 0 saturated heterocycles. The third-order valence-corrected chi connectivity index (χ3v) is 2.30. The summed E-state index contributed by atoms with van der Waals surface area (Å²) in [6.45, 7) is 0. The van der Waals surface area contributed by atoms with E-state index in [0.29, 0.717) is 12.1 Å². The molecule has 0 spiro atoms. The zero-order chi connectivity index (χ0) is 9.52. The summed E-state index contributed by atoms with van der Waals surface area (Å²) in [4.78, 5) is -1.88. The van der Waals surface area contributed by atoms with Crippen LogP contribution in [0, 0.1) is 6.07 Å². The van der Waals surface area contributed by atoms with E-state index in [0.717, 1.165) is 12.1 Å². The smallest absolute Gasteiger partial charge is 0.0936 e.